The van der Waals surface area contributed by atoms with Gasteiger partial charge in [0.15, 0.2) is 0 Å². The van der Waals surface area contributed by atoms with E-state index in [9.17, 15) is 0 Å². The summed E-state index contributed by atoms with van der Waals surface area (Å²) in [6, 6.07) is 0. The number of nitrogen functional groups attached to an aromatic ring is 1. The third kappa shape index (κ3) is 2.09. The Kier molecular flexibility index (Phi) is 3.18. The van der Waals surface area contributed by atoms with Crippen LogP contribution < -0.4 is 10.6 Å². The molecule has 1 saturated carbocycles. The van der Waals surface area contributed by atoms with Crippen LogP contribution in [-0.2, 0) is 0 Å². The van der Waals surface area contributed by atoms with E-state index >= 15 is 0 Å². The molecule has 0 bridgehead atoms. The molecule has 0 amide bonds. The predicted molar refractivity (Wildman–Crippen MR) is 76.5 cm³/mol. The highest BCUT2D eigenvalue weighted by Gasteiger charge is 2.37. The fourth-order valence-corrected chi connectivity index (χ4v) is 3.87. The van der Waals surface area contributed by atoms with Crippen molar-refractivity contribution >= 4 is 27.6 Å². The molecular formula is C13H19BrN4. The first-order valence-corrected chi connectivity index (χ1v) is 7.50. The van der Waals surface area contributed by atoms with Gasteiger partial charge in [0.25, 0.3) is 0 Å². The van der Waals surface area contributed by atoms with Crippen LogP contribution >= 0.6 is 15.9 Å². The molecule has 0 radical (unpaired) electrons. The van der Waals surface area contributed by atoms with Gasteiger partial charge in [0.2, 0.25) is 0 Å². The Labute approximate surface area is 116 Å². The van der Waals surface area contributed by atoms with Gasteiger partial charge in [-0.05, 0) is 47.0 Å². The predicted octanol–water partition coefficient (Wildman–Crippen LogP) is 2.98. The highest BCUT2D eigenvalue weighted by atomic mass is 79.9. The number of hydrogen-bond donors (Lipinski definition) is 1. The van der Waals surface area contributed by atoms with Crippen LogP contribution in [0.1, 0.15) is 38.5 Å². The van der Waals surface area contributed by atoms with Gasteiger partial charge in [-0.25, -0.2) is 9.97 Å². The van der Waals surface area contributed by atoms with Gasteiger partial charge in [0.1, 0.15) is 22.4 Å². The molecule has 1 saturated heterocycles. The largest absolute Gasteiger partial charge is 0.383 e. The fourth-order valence-electron chi connectivity index (χ4n) is 3.41. The van der Waals surface area contributed by atoms with Gasteiger partial charge in [-0.2, -0.15) is 0 Å². The number of aromatic nitrogens is 2. The van der Waals surface area contributed by atoms with Crippen molar-refractivity contribution in [3.8, 4) is 0 Å². The van der Waals surface area contributed by atoms with Crippen molar-refractivity contribution in [3.05, 3.63) is 10.8 Å². The zero-order valence-corrected chi connectivity index (χ0v) is 12.1. The topological polar surface area (TPSA) is 55.0 Å². The van der Waals surface area contributed by atoms with E-state index in [0.717, 1.165) is 23.4 Å². The van der Waals surface area contributed by atoms with Crippen molar-refractivity contribution in [3.63, 3.8) is 0 Å². The molecule has 3 rings (SSSR count). The zero-order chi connectivity index (χ0) is 12.6. The highest BCUT2D eigenvalue weighted by Crippen LogP contribution is 2.47. The highest BCUT2D eigenvalue weighted by molar-refractivity contribution is 9.10. The van der Waals surface area contributed by atoms with Crippen molar-refractivity contribution in [2.45, 2.75) is 38.5 Å². The van der Waals surface area contributed by atoms with Crippen molar-refractivity contribution in [1.29, 1.82) is 0 Å². The van der Waals surface area contributed by atoms with E-state index in [1.54, 1.807) is 6.33 Å². The molecule has 1 spiro atoms. The van der Waals surface area contributed by atoms with Crippen LogP contribution in [0.3, 0.4) is 0 Å². The van der Waals surface area contributed by atoms with E-state index in [1.807, 2.05) is 0 Å². The van der Waals surface area contributed by atoms with Crippen LogP contribution in [0, 0.1) is 5.41 Å². The van der Waals surface area contributed by atoms with Gasteiger partial charge >= 0.3 is 0 Å². The Morgan fingerprint density at radius 2 is 1.78 bits per heavy atom. The standard InChI is InChI=1S/C13H19BrN4/c14-10-11(15)16-9-17-12(10)18-7-5-13(6-8-18)3-1-2-4-13/h9H,1-8H2,(H2,15,16,17). The second kappa shape index (κ2) is 4.68. The van der Waals surface area contributed by atoms with Gasteiger partial charge in [0.05, 0.1) is 0 Å². The summed E-state index contributed by atoms with van der Waals surface area (Å²) in [6.45, 7) is 2.18. The zero-order valence-electron chi connectivity index (χ0n) is 10.5. The maximum Gasteiger partial charge on any atom is 0.148 e. The lowest BCUT2D eigenvalue weighted by Gasteiger charge is -2.40. The number of piperidine rings is 1. The summed E-state index contributed by atoms with van der Waals surface area (Å²) in [5.74, 6) is 1.48. The number of rotatable bonds is 1. The second-order valence-electron chi connectivity index (χ2n) is 5.59. The van der Waals surface area contributed by atoms with Crippen LogP contribution in [0.25, 0.3) is 0 Å². The Bertz CT molecular complexity index is 433. The molecule has 4 nitrogen and oxygen atoms in total. The molecule has 2 N–H and O–H groups in total. The molecule has 2 heterocycles. The molecule has 1 aromatic rings. The fraction of sp³-hybridized carbons (Fsp3) is 0.692. The monoisotopic (exact) mass is 310 g/mol. The first-order chi connectivity index (χ1) is 8.70. The van der Waals surface area contributed by atoms with E-state index in [2.05, 4.69) is 30.8 Å². The summed E-state index contributed by atoms with van der Waals surface area (Å²) < 4.78 is 0.840. The van der Waals surface area contributed by atoms with Gasteiger partial charge in [-0.3, -0.25) is 0 Å². The number of anilines is 2. The second-order valence-corrected chi connectivity index (χ2v) is 6.38. The number of nitrogens with zero attached hydrogens (tertiary/aromatic N) is 3. The molecule has 0 aromatic carbocycles. The summed E-state index contributed by atoms with van der Waals surface area (Å²) in [6.07, 6.45) is 9.83. The Morgan fingerprint density at radius 3 is 2.44 bits per heavy atom. The van der Waals surface area contributed by atoms with Gasteiger partial charge in [-0.1, -0.05) is 12.8 Å². The molecule has 5 heteroatoms. The lowest BCUT2D eigenvalue weighted by atomic mass is 9.77. The summed E-state index contributed by atoms with van der Waals surface area (Å²) in [5.41, 5.74) is 6.46. The third-order valence-corrected chi connectivity index (χ3v) is 5.35. The van der Waals surface area contributed by atoms with Crippen LogP contribution in [-0.4, -0.2) is 23.1 Å². The SMILES string of the molecule is Nc1ncnc(N2CCC3(CCCC3)CC2)c1Br. The quantitative estimate of drug-likeness (QED) is 0.866. The van der Waals surface area contributed by atoms with Crippen LogP contribution in [0.5, 0.6) is 0 Å². The third-order valence-electron chi connectivity index (χ3n) is 4.59. The summed E-state index contributed by atoms with van der Waals surface area (Å²) in [5, 5.41) is 0. The number of hydrogen-bond acceptors (Lipinski definition) is 4. The smallest absolute Gasteiger partial charge is 0.148 e. The minimum atomic E-state index is 0.529. The van der Waals surface area contributed by atoms with Crippen molar-refractivity contribution in [2.24, 2.45) is 5.41 Å². The maximum atomic E-state index is 5.82. The van der Waals surface area contributed by atoms with E-state index in [4.69, 9.17) is 5.73 Å². The first-order valence-electron chi connectivity index (χ1n) is 6.71. The molecule has 0 unspecified atom stereocenters. The molecule has 18 heavy (non-hydrogen) atoms. The minimum Gasteiger partial charge on any atom is -0.383 e. The molecule has 1 aliphatic carbocycles. The summed E-state index contributed by atoms with van der Waals surface area (Å²) >= 11 is 3.50. The molecule has 1 aromatic heterocycles. The van der Waals surface area contributed by atoms with Crippen molar-refractivity contribution in [1.82, 2.24) is 9.97 Å². The van der Waals surface area contributed by atoms with Crippen LogP contribution in [0.4, 0.5) is 11.6 Å². The van der Waals surface area contributed by atoms with Gasteiger partial charge < -0.3 is 10.6 Å². The Morgan fingerprint density at radius 1 is 1.11 bits per heavy atom. The minimum absolute atomic E-state index is 0.529. The molecule has 1 aliphatic heterocycles. The summed E-state index contributed by atoms with van der Waals surface area (Å²) in [7, 11) is 0. The molecule has 98 valence electrons. The summed E-state index contributed by atoms with van der Waals surface area (Å²) in [4.78, 5) is 10.7. The normalized spacial score (nSPS) is 22.6. The molecule has 0 atom stereocenters. The maximum absolute atomic E-state index is 5.82. The molecular weight excluding hydrogens is 292 g/mol. The van der Waals surface area contributed by atoms with Crippen LogP contribution in [0.2, 0.25) is 0 Å². The van der Waals surface area contributed by atoms with Crippen molar-refractivity contribution < 1.29 is 0 Å². The van der Waals surface area contributed by atoms with Crippen LogP contribution in [0.15, 0.2) is 10.8 Å². The molecule has 2 fully saturated rings. The first kappa shape index (κ1) is 12.2. The van der Waals surface area contributed by atoms with Gasteiger partial charge in [0, 0.05) is 13.1 Å². The average Bonchev–Trinajstić information content (AvgIpc) is 2.83. The van der Waals surface area contributed by atoms with E-state index in [1.165, 1.54) is 38.5 Å². The van der Waals surface area contributed by atoms with E-state index in [-0.39, 0.29) is 0 Å². The van der Waals surface area contributed by atoms with E-state index < -0.39 is 0 Å². The number of halogens is 1. The van der Waals surface area contributed by atoms with Crippen molar-refractivity contribution in [2.75, 3.05) is 23.7 Å². The number of nitrogens with two attached hydrogens (primary N) is 1. The Balaban J connectivity index is 1.74. The lowest BCUT2D eigenvalue weighted by Crippen LogP contribution is -2.39. The Hall–Kier alpha value is -0.840. The lowest BCUT2D eigenvalue weighted by molar-refractivity contribution is 0.226. The van der Waals surface area contributed by atoms with Gasteiger partial charge in [-0.15, -0.1) is 0 Å². The molecule has 2 aliphatic rings. The van der Waals surface area contributed by atoms with E-state index in [0.29, 0.717) is 11.2 Å². The average molecular weight is 311 g/mol.